The second-order valence-corrected chi connectivity index (χ2v) is 6.75. The summed E-state index contributed by atoms with van der Waals surface area (Å²) in [6.45, 7) is 4.68. The standard InChI is InChI=1S/C18H21N3O5S/c1-11-16(12(2)26-21-11)9-27-10-18(24)25-8-17(23)20-15-6-4-5-14(7-15)19-13(3)22/h4-7H,8-10H2,1-3H3,(H,19,22)(H,20,23). The molecule has 1 aromatic heterocycles. The fourth-order valence-electron chi connectivity index (χ4n) is 2.21. The van der Waals surface area contributed by atoms with Gasteiger partial charge >= 0.3 is 5.97 Å². The molecule has 144 valence electrons. The van der Waals surface area contributed by atoms with Gasteiger partial charge in [-0.25, -0.2) is 0 Å². The van der Waals surface area contributed by atoms with E-state index in [1.54, 1.807) is 24.3 Å². The van der Waals surface area contributed by atoms with Crippen molar-refractivity contribution >= 4 is 40.9 Å². The molecule has 0 atom stereocenters. The third kappa shape index (κ3) is 6.78. The molecular formula is C18H21N3O5S. The number of ether oxygens (including phenoxy) is 1. The predicted octanol–water partition coefficient (Wildman–Crippen LogP) is 2.66. The molecule has 0 bridgehead atoms. The van der Waals surface area contributed by atoms with Gasteiger partial charge in [-0.3, -0.25) is 14.4 Å². The second-order valence-electron chi connectivity index (χ2n) is 5.77. The average molecular weight is 391 g/mol. The second kappa shape index (κ2) is 9.77. The lowest BCUT2D eigenvalue weighted by molar-refractivity contribution is -0.144. The normalized spacial score (nSPS) is 10.3. The summed E-state index contributed by atoms with van der Waals surface area (Å²) in [5.74, 6) is 0.289. The minimum absolute atomic E-state index is 0.120. The molecule has 2 amide bonds. The first-order valence-electron chi connectivity index (χ1n) is 8.17. The van der Waals surface area contributed by atoms with Crippen molar-refractivity contribution in [2.45, 2.75) is 26.5 Å². The van der Waals surface area contributed by atoms with Crippen LogP contribution in [-0.2, 0) is 24.9 Å². The first-order chi connectivity index (χ1) is 12.8. The van der Waals surface area contributed by atoms with Crippen LogP contribution in [-0.4, -0.2) is 35.3 Å². The summed E-state index contributed by atoms with van der Waals surface area (Å²) in [6, 6.07) is 6.68. The van der Waals surface area contributed by atoms with Crippen molar-refractivity contribution in [2.75, 3.05) is 23.0 Å². The molecule has 2 rings (SSSR count). The molecule has 8 nitrogen and oxygen atoms in total. The van der Waals surface area contributed by atoms with Crippen LogP contribution >= 0.6 is 11.8 Å². The number of nitrogens with one attached hydrogen (secondary N) is 2. The lowest BCUT2D eigenvalue weighted by Gasteiger charge is -2.08. The van der Waals surface area contributed by atoms with Gasteiger partial charge in [0.2, 0.25) is 5.91 Å². The van der Waals surface area contributed by atoms with Crippen LogP contribution < -0.4 is 10.6 Å². The summed E-state index contributed by atoms with van der Waals surface area (Å²) in [4.78, 5) is 34.7. The zero-order valence-electron chi connectivity index (χ0n) is 15.3. The number of amides is 2. The minimum atomic E-state index is -0.478. The zero-order chi connectivity index (χ0) is 19.8. The Morgan fingerprint density at radius 1 is 1.19 bits per heavy atom. The topological polar surface area (TPSA) is 111 Å². The summed E-state index contributed by atoms with van der Waals surface area (Å²) in [5.41, 5.74) is 2.82. The van der Waals surface area contributed by atoms with E-state index in [-0.39, 0.29) is 18.3 Å². The molecule has 2 N–H and O–H groups in total. The van der Waals surface area contributed by atoms with E-state index in [0.717, 1.165) is 17.0 Å². The summed E-state index contributed by atoms with van der Waals surface area (Å²) in [7, 11) is 0. The third-order valence-corrected chi connectivity index (χ3v) is 4.41. The van der Waals surface area contributed by atoms with Crippen LogP contribution in [0.4, 0.5) is 11.4 Å². The Morgan fingerprint density at radius 3 is 2.52 bits per heavy atom. The van der Waals surface area contributed by atoms with Gasteiger partial charge in [-0.15, -0.1) is 11.8 Å². The Labute approximate surface area is 161 Å². The molecule has 0 unspecified atom stereocenters. The van der Waals surface area contributed by atoms with E-state index >= 15 is 0 Å². The van der Waals surface area contributed by atoms with E-state index in [1.165, 1.54) is 18.7 Å². The number of hydrogen-bond acceptors (Lipinski definition) is 7. The van der Waals surface area contributed by atoms with Crippen molar-refractivity contribution in [3.8, 4) is 0 Å². The number of aromatic nitrogens is 1. The van der Waals surface area contributed by atoms with Gasteiger partial charge in [-0.05, 0) is 32.0 Å². The van der Waals surface area contributed by atoms with Crippen LogP contribution in [0, 0.1) is 13.8 Å². The Kier molecular flexibility index (Phi) is 7.42. The number of rotatable bonds is 8. The lowest BCUT2D eigenvalue weighted by Crippen LogP contribution is -2.21. The SMILES string of the molecule is CC(=O)Nc1cccc(NC(=O)COC(=O)CSCc2c(C)noc2C)c1. The van der Waals surface area contributed by atoms with Crippen LogP contribution in [0.1, 0.15) is 23.9 Å². The van der Waals surface area contributed by atoms with Crippen LogP contribution in [0.25, 0.3) is 0 Å². The maximum atomic E-state index is 11.9. The van der Waals surface area contributed by atoms with Crippen LogP contribution in [0.2, 0.25) is 0 Å². The first kappa shape index (κ1) is 20.5. The molecule has 0 spiro atoms. The van der Waals surface area contributed by atoms with Crippen LogP contribution in [0.15, 0.2) is 28.8 Å². The van der Waals surface area contributed by atoms with Crippen molar-refractivity contribution in [3.05, 3.63) is 41.3 Å². The van der Waals surface area contributed by atoms with Crippen molar-refractivity contribution in [3.63, 3.8) is 0 Å². The van der Waals surface area contributed by atoms with E-state index in [1.807, 2.05) is 13.8 Å². The minimum Gasteiger partial charge on any atom is -0.455 e. The number of hydrogen-bond donors (Lipinski definition) is 2. The number of thioether (sulfide) groups is 1. The highest BCUT2D eigenvalue weighted by Crippen LogP contribution is 2.19. The molecule has 0 aliphatic rings. The molecule has 0 aliphatic carbocycles. The number of esters is 1. The quantitative estimate of drug-likeness (QED) is 0.666. The molecule has 27 heavy (non-hydrogen) atoms. The number of carbonyl (C=O) groups is 3. The molecule has 9 heteroatoms. The fraction of sp³-hybridized carbons (Fsp3) is 0.333. The Morgan fingerprint density at radius 2 is 1.89 bits per heavy atom. The van der Waals surface area contributed by atoms with E-state index in [4.69, 9.17) is 9.26 Å². The highest BCUT2D eigenvalue weighted by Gasteiger charge is 2.12. The molecule has 0 saturated carbocycles. The van der Waals surface area contributed by atoms with Crippen molar-refractivity contribution in [1.29, 1.82) is 0 Å². The van der Waals surface area contributed by atoms with Crippen molar-refractivity contribution in [2.24, 2.45) is 0 Å². The molecule has 0 radical (unpaired) electrons. The van der Waals surface area contributed by atoms with Gasteiger partial charge in [-0.1, -0.05) is 11.2 Å². The van der Waals surface area contributed by atoms with Gasteiger partial charge in [-0.2, -0.15) is 0 Å². The average Bonchev–Trinajstić information content (AvgIpc) is 2.91. The van der Waals surface area contributed by atoms with E-state index in [9.17, 15) is 14.4 Å². The molecule has 2 aromatic rings. The van der Waals surface area contributed by atoms with Crippen LogP contribution in [0.5, 0.6) is 0 Å². The van der Waals surface area contributed by atoms with Gasteiger partial charge in [0.25, 0.3) is 5.91 Å². The highest BCUT2D eigenvalue weighted by atomic mass is 32.2. The predicted molar refractivity (Wildman–Crippen MR) is 102 cm³/mol. The zero-order valence-corrected chi connectivity index (χ0v) is 16.1. The number of nitrogens with zero attached hydrogens (tertiary/aromatic N) is 1. The van der Waals surface area contributed by atoms with Crippen molar-refractivity contribution < 1.29 is 23.6 Å². The van der Waals surface area contributed by atoms with E-state index in [2.05, 4.69) is 15.8 Å². The number of anilines is 2. The first-order valence-corrected chi connectivity index (χ1v) is 9.33. The van der Waals surface area contributed by atoms with Gasteiger partial charge in [0.05, 0.1) is 11.4 Å². The molecule has 0 aliphatic heterocycles. The maximum Gasteiger partial charge on any atom is 0.316 e. The number of aryl methyl sites for hydroxylation is 2. The molecular weight excluding hydrogens is 370 g/mol. The lowest BCUT2D eigenvalue weighted by atomic mass is 10.2. The summed E-state index contributed by atoms with van der Waals surface area (Å²) >= 11 is 1.36. The number of benzene rings is 1. The molecule has 1 aromatic carbocycles. The third-order valence-electron chi connectivity index (χ3n) is 3.48. The number of carbonyl (C=O) groups excluding carboxylic acids is 3. The highest BCUT2D eigenvalue weighted by molar-refractivity contribution is 7.99. The van der Waals surface area contributed by atoms with Crippen LogP contribution in [0.3, 0.4) is 0 Å². The van der Waals surface area contributed by atoms with Crippen molar-refractivity contribution in [1.82, 2.24) is 5.16 Å². The fourth-order valence-corrected chi connectivity index (χ4v) is 3.18. The largest absolute Gasteiger partial charge is 0.455 e. The monoisotopic (exact) mass is 391 g/mol. The van der Waals surface area contributed by atoms with E-state index in [0.29, 0.717) is 17.1 Å². The Hall–Kier alpha value is -2.81. The smallest absolute Gasteiger partial charge is 0.316 e. The van der Waals surface area contributed by atoms with Gasteiger partial charge in [0.1, 0.15) is 5.76 Å². The summed E-state index contributed by atoms with van der Waals surface area (Å²) in [5, 5.41) is 9.09. The maximum absolute atomic E-state index is 11.9. The molecule has 1 heterocycles. The molecule has 0 saturated heterocycles. The molecule has 0 fully saturated rings. The Balaban J connectivity index is 1.72. The van der Waals surface area contributed by atoms with Gasteiger partial charge in [0.15, 0.2) is 6.61 Å². The Bertz CT molecular complexity index is 815. The summed E-state index contributed by atoms with van der Waals surface area (Å²) in [6.07, 6.45) is 0. The summed E-state index contributed by atoms with van der Waals surface area (Å²) < 4.78 is 10.0. The van der Waals surface area contributed by atoms with Gasteiger partial charge < -0.3 is 19.9 Å². The van der Waals surface area contributed by atoms with Gasteiger partial charge in [0, 0.05) is 29.6 Å². The van der Waals surface area contributed by atoms with E-state index < -0.39 is 11.9 Å².